The van der Waals surface area contributed by atoms with Gasteiger partial charge in [-0.2, -0.15) is 0 Å². The summed E-state index contributed by atoms with van der Waals surface area (Å²) in [5, 5.41) is 3.22. The lowest BCUT2D eigenvalue weighted by atomic mass is 9.80. The van der Waals surface area contributed by atoms with Crippen molar-refractivity contribution in [1.29, 1.82) is 0 Å². The van der Waals surface area contributed by atoms with Gasteiger partial charge in [-0.1, -0.05) is 42.5 Å². The fraction of sp³-hybridized carbons (Fsp3) is 0.357. The minimum atomic E-state index is 0.412. The summed E-state index contributed by atoms with van der Waals surface area (Å²) in [6.07, 6.45) is 9.44. The van der Waals surface area contributed by atoms with Crippen LogP contribution in [0.3, 0.4) is 0 Å². The largest absolute Gasteiger partial charge is 0.497 e. The first-order chi connectivity index (χ1) is 15.8. The molecule has 0 spiro atoms. The van der Waals surface area contributed by atoms with Crippen molar-refractivity contribution in [2.24, 2.45) is 11.8 Å². The monoisotopic (exact) mass is 443 g/mol. The van der Waals surface area contributed by atoms with Gasteiger partial charge in [0.15, 0.2) is 0 Å². The summed E-state index contributed by atoms with van der Waals surface area (Å²) in [6, 6.07) is 17.7. The molecule has 164 valence electrons. The molecule has 0 N–H and O–H groups in total. The van der Waals surface area contributed by atoms with Crippen LogP contribution >= 0.6 is 11.8 Å². The summed E-state index contributed by atoms with van der Waals surface area (Å²) >= 11 is 2.01. The van der Waals surface area contributed by atoms with Crippen molar-refractivity contribution in [3.8, 4) is 5.75 Å². The van der Waals surface area contributed by atoms with Crippen LogP contribution in [0, 0.1) is 11.8 Å². The van der Waals surface area contributed by atoms with Crippen LogP contribution in [0.25, 0.3) is 10.5 Å². The molecular formula is C28H29NO2S. The van der Waals surface area contributed by atoms with Gasteiger partial charge in [0.1, 0.15) is 18.1 Å². The number of thioether (sulfide) groups is 1. The Morgan fingerprint density at radius 2 is 1.78 bits per heavy atom. The number of ether oxygens (including phenoxy) is 2. The number of fused-ring (bicyclic) bond motifs is 4. The Morgan fingerprint density at radius 3 is 2.56 bits per heavy atom. The highest BCUT2D eigenvalue weighted by molar-refractivity contribution is 8.09. The second-order valence-corrected chi connectivity index (χ2v) is 10.2. The molecule has 2 aromatic carbocycles. The van der Waals surface area contributed by atoms with Crippen molar-refractivity contribution in [3.05, 3.63) is 88.5 Å². The van der Waals surface area contributed by atoms with Crippen molar-refractivity contribution < 1.29 is 9.47 Å². The quantitative estimate of drug-likeness (QED) is 0.674. The molecule has 4 aliphatic rings. The zero-order valence-electron chi connectivity index (χ0n) is 18.5. The Balaban J connectivity index is 1.28. The normalized spacial score (nSPS) is 26.0. The van der Waals surface area contributed by atoms with Gasteiger partial charge in [-0.3, -0.25) is 4.90 Å². The standard InChI is InChI=1S/C28H29NO2S/c1-30-21-12-13-24-25(18-21)32-28-23-7-3-2-6-22(23)26(27(24)28)19-8-10-20(11-9-19)31-17-16-29-14-4-5-15-29/h2-3,6-13,18,24-25,27H,4-5,14-17H2,1H3. The number of methoxy groups -OCH3 is 1. The van der Waals surface area contributed by atoms with Gasteiger partial charge in [-0.25, -0.2) is 0 Å². The number of allylic oxidation sites excluding steroid dienone is 2. The number of rotatable bonds is 6. The summed E-state index contributed by atoms with van der Waals surface area (Å²) in [4.78, 5) is 4.00. The summed E-state index contributed by atoms with van der Waals surface area (Å²) in [7, 11) is 1.76. The molecule has 2 heterocycles. The highest BCUT2D eigenvalue weighted by atomic mass is 32.2. The van der Waals surface area contributed by atoms with E-state index in [9.17, 15) is 0 Å². The van der Waals surface area contributed by atoms with E-state index in [4.69, 9.17) is 9.47 Å². The van der Waals surface area contributed by atoms with Gasteiger partial charge in [0, 0.05) is 28.5 Å². The Bertz CT molecular complexity index is 1190. The first-order valence-corrected chi connectivity index (χ1v) is 12.6. The average Bonchev–Trinajstić information content (AvgIpc) is 3.55. The molecule has 2 aromatic rings. The third-order valence-corrected chi connectivity index (χ3v) is 8.64. The predicted molar refractivity (Wildman–Crippen MR) is 132 cm³/mol. The van der Waals surface area contributed by atoms with Gasteiger partial charge >= 0.3 is 0 Å². The first-order valence-electron chi connectivity index (χ1n) is 11.7. The predicted octanol–water partition coefficient (Wildman–Crippen LogP) is 3.93. The third kappa shape index (κ3) is 3.50. The van der Waals surface area contributed by atoms with Crippen LogP contribution in [-0.2, 0) is 4.74 Å². The topological polar surface area (TPSA) is 21.7 Å². The lowest BCUT2D eigenvalue weighted by Crippen LogP contribution is -2.25. The number of hydrogen-bond acceptors (Lipinski definition) is 4. The molecule has 6 rings (SSSR count). The summed E-state index contributed by atoms with van der Waals surface area (Å²) in [5.74, 6) is 2.82. The average molecular weight is 444 g/mol. The van der Waals surface area contributed by atoms with Crippen molar-refractivity contribution in [1.82, 2.24) is 4.90 Å². The van der Waals surface area contributed by atoms with Gasteiger partial charge in [0.25, 0.3) is 0 Å². The number of benzene rings is 2. The summed E-state index contributed by atoms with van der Waals surface area (Å²) in [5.41, 5.74) is 2.76. The zero-order valence-corrected chi connectivity index (χ0v) is 19.3. The molecule has 2 saturated heterocycles. The summed E-state index contributed by atoms with van der Waals surface area (Å²) in [6.45, 7) is 4.22. The Hall–Kier alpha value is -2.43. The molecule has 0 bridgehead atoms. The molecule has 0 saturated carbocycles. The molecule has 3 atom stereocenters. The first kappa shape index (κ1) is 20.2. The lowest BCUT2D eigenvalue weighted by molar-refractivity contribution is 0.238. The Morgan fingerprint density at radius 1 is 1.00 bits per heavy atom. The van der Waals surface area contributed by atoms with Gasteiger partial charge in [-0.15, -0.1) is 11.8 Å². The second kappa shape index (κ2) is 8.49. The van der Waals surface area contributed by atoms with Crippen molar-refractivity contribution in [2.45, 2.75) is 18.1 Å². The van der Waals surface area contributed by atoms with E-state index in [1.165, 1.54) is 52.4 Å². The fourth-order valence-corrected chi connectivity index (χ4v) is 7.23. The molecule has 4 heteroatoms. The molecule has 2 aliphatic heterocycles. The number of likely N-dealkylation sites (tertiary alicyclic amines) is 1. The van der Waals surface area contributed by atoms with E-state index in [1.54, 1.807) is 7.11 Å². The molecule has 2 aliphatic carbocycles. The molecule has 2 fully saturated rings. The van der Waals surface area contributed by atoms with Gasteiger partial charge in [-0.05, 0) is 71.8 Å². The van der Waals surface area contributed by atoms with Crippen LogP contribution in [-0.4, -0.2) is 43.5 Å². The molecule has 0 aromatic heterocycles. The van der Waals surface area contributed by atoms with E-state index < -0.39 is 0 Å². The third-order valence-electron chi connectivity index (χ3n) is 7.19. The van der Waals surface area contributed by atoms with Gasteiger partial charge in [0.05, 0.1) is 7.11 Å². The van der Waals surface area contributed by atoms with Crippen LogP contribution in [0.5, 0.6) is 5.75 Å². The van der Waals surface area contributed by atoms with Crippen LogP contribution in [0.2, 0.25) is 0 Å². The number of hydrogen-bond donors (Lipinski definition) is 0. The molecular weight excluding hydrogens is 414 g/mol. The Kier molecular flexibility index (Phi) is 5.36. The van der Waals surface area contributed by atoms with Crippen molar-refractivity contribution >= 4 is 22.2 Å². The van der Waals surface area contributed by atoms with Crippen LogP contribution < -0.4 is 15.2 Å². The van der Waals surface area contributed by atoms with E-state index in [1.807, 2.05) is 11.8 Å². The number of nitrogens with zero attached hydrogens (tertiary/aromatic N) is 1. The van der Waals surface area contributed by atoms with Crippen LogP contribution in [0.15, 0.2) is 72.5 Å². The fourth-order valence-electron chi connectivity index (χ4n) is 5.61. The van der Waals surface area contributed by atoms with E-state index >= 15 is 0 Å². The lowest BCUT2D eigenvalue weighted by Gasteiger charge is -2.24. The van der Waals surface area contributed by atoms with E-state index in [0.29, 0.717) is 17.1 Å². The molecule has 3 unspecified atom stereocenters. The van der Waals surface area contributed by atoms with Gasteiger partial charge < -0.3 is 9.47 Å². The highest BCUT2D eigenvalue weighted by Crippen LogP contribution is 2.55. The van der Waals surface area contributed by atoms with E-state index in [2.05, 4.69) is 71.7 Å². The highest BCUT2D eigenvalue weighted by Gasteiger charge is 2.44. The zero-order chi connectivity index (χ0) is 21.5. The van der Waals surface area contributed by atoms with Crippen molar-refractivity contribution in [2.75, 3.05) is 33.4 Å². The van der Waals surface area contributed by atoms with Crippen molar-refractivity contribution in [3.63, 3.8) is 0 Å². The maximum absolute atomic E-state index is 6.06. The maximum Gasteiger partial charge on any atom is 0.119 e. The molecule has 0 amide bonds. The van der Waals surface area contributed by atoms with E-state index in [0.717, 1.165) is 24.7 Å². The molecule has 0 radical (unpaired) electrons. The van der Waals surface area contributed by atoms with Gasteiger partial charge in [0.2, 0.25) is 0 Å². The van der Waals surface area contributed by atoms with E-state index in [-0.39, 0.29) is 0 Å². The minimum absolute atomic E-state index is 0.412. The van der Waals surface area contributed by atoms with Crippen LogP contribution in [0.4, 0.5) is 0 Å². The SMILES string of the molecule is COC1=CC2SC3=c4ccccc4=C(c4ccc(OCCN5CCCC5)cc4)C3C2C=C1. The summed E-state index contributed by atoms with van der Waals surface area (Å²) < 4.78 is 11.6. The van der Waals surface area contributed by atoms with Crippen LogP contribution in [0.1, 0.15) is 18.4 Å². The minimum Gasteiger partial charge on any atom is -0.497 e. The molecule has 32 heavy (non-hydrogen) atoms. The smallest absolute Gasteiger partial charge is 0.119 e. The second-order valence-electron chi connectivity index (χ2n) is 9.01. The maximum atomic E-state index is 6.06. The Labute approximate surface area is 194 Å². The molecule has 3 nitrogen and oxygen atoms in total.